The van der Waals surface area contributed by atoms with Crippen molar-refractivity contribution in [1.82, 2.24) is 4.57 Å². The van der Waals surface area contributed by atoms with Crippen LogP contribution in [0.3, 0.4) is 0 Å². The molecule has 0 atom stereocenters. The van der Waals surface area contributed by atoms with Crippen LogP contribution in [0.1, 0.15) is 13.8 Å². The number of nitrogens with zero attached hydrogens (tertiary/aromatic N) is 1. The van der Waals surface area contributed by atoms with Crippen molar-refractivity contribution in [1.29, 1.82) is 0 Å². The quantitative estimate of drug-likeness (QED) is 0.744. The molecule has 2 rings (SSSR count). The van der Waals surface area contributed by atoms with Crippen LogP contribution in [0.5, 0.6) is 11.5 Å². The van der Waals surface area contributed by atoms with Gasteiger partial charge in [-0.2, -0.15) is 0 Å². The first-order chi connectivity index (χ1) is 10.0. The summed E-state index contributed by atoms with van der Waals surface area (Å²) >= 11 is 0. The van der Waals surface area contributed by atoms with Crippen LogP contribution >= 0.6 is 0 Å². The number of benzene rings is 2. The topological polar surface area (TPSA) is 21.7 Å². The second-order valence-corrected chi connectivity index (χ2v) is 9.26. The zero-order valence-electron chi connectivity index (χ0n) is 13.6. The Bertz CT molecular complexity index is 609. The monoisotopic (exact) mass is 303 g/mol. The minimum Gasteiger partial charge on any atom is -0.529 e. The van der Waals surface area contributed by atoms with E-state index >= 15 is 0 Å². The molecule has 21 heavy (non-hydrogen) atoms. The standard InChI is InChI=1S/C17H25NO2Si/c1-6-18(7-2)21(4,5)20-17-13-12-16(19-3)14-10-8-9-11-15(14)17/h8-13H,6-7H2,1-5H3. The molecule has 0 amide bonds. The predicted octanol–water partition coefficient (Wildman–Crippen LogP) is 4.27. The highest BCUT2D eigenvalue weighted by Gasteiger charge is 2.31. The molecular weight excluding hydrogens is 278 g/mol. The smallest absolute Gasteiger partial charge is 0.325 e. The van der Waals surface area contributed by atoms with Crippen molar-refractivity contribution in [3.8, 4) is 11.5 Å². The molecule has 0 heterocycles. The summed E-state index contributed by atoms with van der Waals surface area (Å²) in [6.07, 6.45) is 0. The molecule has 0 radical (unpaired) electrons. The maximum Gasteiger partial charge on any atom is 0.325 e. The summed E-state index contributed by atoms with van der Waals surface area (Å²) in [5.41, 5.74) is 0. The van der Waals surface area contributed by atoms with Gasteiger partial charge < -0.3 is 9.16 Å². The van der Waals surface area contributed by atoms with Crippen LogP contribution in [0.25, 0.3) is 10.8 Å². The van der Waals surface area contributed by atoms with Gasteiger partial charge in [0.15, 0.2) is 0 Å². The first-order valence-corrected chi connectivity index (χ1v) is 10.4. The van der Waals surface area contributed by atoms with Crippen LogP contribution in [0, 0.1) is 0 Å². The van der Waals surface area contributed by atoms with Crippen molar-refractivity contribution < 1.29 is 9.16 Å². The summed E-state index contributed by atoms with van der Waals surface area (Å²) in [5, 5.41) is 2.21. The molecule has 4 heteroatoms. The molecule has 114 valence electrons. The Labute approximate surface area is 128 Å². The Morgan fingerprint density at radius 2 is 1.43 bits per heavy atom. The van der Waals surface area contributed by atoms with Crippen molar-refractivity contribution in [3.63, 3.8) is 0 Å². The average Bonchev–Trinajstić information content (AvgIpc) is 2.48. The Kier molecular flexibility index (Phi) is 4.90. The molecule has 3 nitrogen and oxygen atoms in total. The van der Waals surface area contributed by atoms with Gasteiger partial charge in [-0.3, -0.25) is 4.57 Å². The number of methoxy groups -OCH3 is 1. The number of fused-ring (bicyclic) bond motifs is 1. The second-order valence-electron chi connectivity index (χ2n) is 5.53. The third kappa shape index (κ3) is 3.22. The second kappa shape index (κ2) is 6.50. The van der Waals surface area contributed by atoms with Crippen molar-refractivity contribution in [3.05, 3.63) is 36.4 Å². The number of ether oxygens (including phenoxy) is 1. The van der Waals surface area contributed by atoms with Crippen molar-refractivity contribution in [2.45, 2.75) is 26.9 Å². The first-order valence-electron chi connectivity index (χ1n) is 7.53. The van der Waals surface area contributed by atoms with Crippen LogP contribution in [-0.4, -0.2) is 33.2 Å². The van der Waals surface area contributed by atoms with Crippen molar-refractivity contribution >= 4 is 19.3 Å². The fourth-order valence-electron chi connectivity index (χ4n) is 2.83. The maximum atomic E-state index is 6.47. The minimum atomic E-state index is -1.93. The van der Waals surface area contributed by atoms with Gasteiger partial charge in [0, 0.05) is 10.8 Å². The van der Waals surface area contributed by atoms with Crippen LogP contribution in [0.15, 0.2) is 36.4 Å². The lowest BCUT2D eigenvalue weighted by molar-refractivity contribution is 0.377. The van der Waals surface area contributed by atoms with Crippen LogP contribution in [-0.2, 0) is 0 Å². The third-order valence-electron chi connectivity index (χ3n) is 3.95. The average molecular weight is 303 g/mol. The highest BCUT2D eigenvalue weighted by atomic mass is 28.4. The Balaban J connectivity index is 2.44. The normalized spacial score (nSPS) is 11.9. The SMILES string of the molecule is CCN(CC)[Si](C)(C)Oc1ccc(OC)c2ccccc12. The molecule has 0 unspecified atom stereocenters. The van der Waals surface area contributed by atoms with E-state index < -0.39 is 8.48 Å². The molecule has 0 aliphatic rings. The lowest BCUT2D eigenvalue weighted by atomic mass is 10.1. The highest BCUT2D eigenvalue weighted by Crippen LogP contribution is 2.34. The molecule has 0 N–H and O–H groups in total. The molecule has 0 aliphatic heterocycles. The summed E-state index contributed by atoms with van der Waals surface area (Å²) in [4.78, 5) is 0. The number of hydrogen-bond acceptors (Lipinski definition) is 3. The van der Waals surface area contributed by atoms with Gasteiger partial charge in [-0.1, -0.05) is 38.1 Å². The van der Waals surface area contributed by atoms with E-state index in [0.717, 1.165) is 35.4 Å². The van der Waals surface area contributed by atoms with Gasteiger partial charge in [0.05, 0.1) is 7.11 Å². The van der Waals surface area contributed by atoms with Gasteiger partial charge in [-0.25, -0.2) is 0 Å². The largest absolute Gasteiger partial charge is 0.529 e. The Morgan fingerprint density at radius 1 is 0.905 bits per heavy atom. The van der Waals surface area contributed by atoms with Gasteiger partial charge >= 0.3 is 8.48 Å². The zero-order valence-corrected chi connectivity index (χ0v) is 14.6. The highest BCUT2D eigenvalue weighted by molar-refractivity contribution is 6.69. The fraction of sp³-hybridized carbons (Fsp3) is 0.412. The van der Waals surface area contributed by atoms with Gasteiger partial charge in [0.25, 0.3) is 0 Å². The summed E-state index contributed by atoms with van der Waals surface area (Å²) in [6, 6.07) is 12.3. The molecule has 2 aromatic rings. The fourth-order valence-corrected chi connectivity index (χ4v) is 5.20. The van der Waals surface area contributed by atoms with E-state index in [1.54, 1.807) is 7.11 Å². The lowest BCUT2D eigenvalue weighted by Crippen LogP contribution is -2.53. The molecule has 0 bridgehead atoms. The van der Waals surface area contributed by atoms with E-state index in [0.29, 0.717) is 0 Å². The van der Waals surface area contributed by atoms with Gasteiger partial charge in [-0.15, -0.1) is 0 Å². The Hall–Kier alpha value is -1.52. The van der Waals surface area contributed by atoms with Crippen LogP contribution in [0.4, 0.5) is 0 Å². The first kappa shape index (κ1) is 15.9. The molecule has 0 aromatic heterocycles. The van der Waals surface area contributed by atoms with E-state index in [1.807, 2.05) is 24.3 Å². The summed E-state index contributed by atoms with van der Waals surface area (Å²) in [5.74, 6) is 1.84. The molecule has 0 saturated carbocycles. The molecular formula is C17H25NO2Si. The predicted molar refractivity (Wildman–Crippen MR) is 91.5 cm³/mol. The van der Waals surface area contributed by atoms with Gasteiger partial charge in [0.2, 0.25) is 0 Å². The lowest BCUT2D eigenvalue weighted by Gasteiger charge is -2.35. The van der Waals surface area contributed by atoms with Crippen molar-refractivity contribution in [2.24, 2.45) is 0 Å². The van der Waals surface area contributed by atoms with Gasteiger partial charge in [-0.05, 0) is 38.3 Å². The molecule has 0 saturated heterocycles. The maximum absolute atomic E-state index is 6.47. The summed E-state index contributed by atoms with van der Waals surface area (Å²) in [7, 11) is -0.221. The molecule has 0 fully saturated rings. The van der Waals surface area contributed by atoms with Crippen molar-refractivity contribution in [2.75, 3.05) is 20.2 Å². The van der Waals surface area contributed by atoms with Crippen LogP contribution in [0.2, 0.25) is 13.1 Å². The third-order valence-corrected chi connectivity index (χ3v) is 6.82. The molecule has 0 aliphatic carbocycles. The van der Waals surface area contributed by atoms with E-state index in [2.05, 4.69) is 43.6 Å². The molecule has 0 spiro atoms. The zero-order chi connectivity index (χ0) is 15.5. The summed E-state index contributed by atoms with van der Waals surface area (Å²) in [6.45, 7) is 10.9. The van der Waals surface area contributed by atoms with Crippen LogP contribution < -0.4 is 9.16 Å². The molecule has 2 aromatic carbocycles. The number of rotatable bonds is 6. The van der Waals surface area contributed by atoms with E-state index in [4.69, 9.17) is 9.16 Å². The number of hydrogen-bond donors (Lipinski definition) is 0. The minimum absolute atomic E-state index is 0.889. The van der Waals surface area contributed by atoms with E-state index in [9.17, 15) is 0 Å². The Morgan fingerprint density at radius 3 is 1.95 bits per heavy atom. The van der Waals surface area contributed by atoms with E-state index in [-0.39, 0.29) is 0 Å². The van der Waals surface area contributed by atoms with E-state index in [1.165, 1.54) is 0 Å². The van der Waals surface area contributed by atoms with Gasteiger partial charge in [0.1, 0.15) is 11.5 Å². The summed E-state index contributed by atoms with van der Waals surface area (Å²) < 4.78 is 14.4.